The lowest BCUT2D eigenvalue weighted by Crippen LogP contribution is -2.46. The van der Waals surface area contributed by atoms with Crippen LogP contribution < -0.4 is 0 Å². The number of carbonyl (C=O) groups is 1. The lowest BCUT2D eigenvalue weighted by Gasteiger charge is -2.37. The lowest BCUT2D eigenvalue weighted by molar-refractivity contribution is 0.0550. The van der Waals surface area contributed by atoms with Crippen LogP contribution in [0.15, 0.2) is 22.9 Å². The number of hydrogen-bond acceptors (Lipinski definition) is 2. The summed E-state index contributed by atoms with van der Waals surface area (Å²) in [7, 11) is 0. The molecule has 3 nitrogen and oxygen atoms in total. The third-order valence-electron chi connectivity index (χ3n) is 3.61. The third-order valence-corrected chi connectivity index (χ3v) is 4.08. The summed E-state index contributed by atoms with van der Waals surface area (Å²) in [5, 5.41) is 0. The molecule has 0 radical (unpaired) electrons. The van der Waals surface area contributed by atoms with Crippen LogP contribution in [-0.2, 0) is 0 Å². The van der Waals surface area contributed by atoms with Gasteiger partial charge in [0.05, 0.1) is 5.56 Å². The van der Waals surface area contributed by atoms with E-state index in [-0.39, 0.29) is 5.91 Å². The van der Waals surface area contributed by atoms with Gasteiger partial charge < -0.3 is 4.90 Å². The maximum atomic E-state index is 12.3. The molecule has 17 heavy (non-hydrogen) atoms. The maximum absolute atomic E-state index is 12.3. The maximum Gasteiger partial charge on any atom is 0.255 e. The van der Waals surface area contributed by atoms with Gasteiger partial charge in [-0.25, -0.2) is 4.98 Å². The van der Waals surface area contributed by atoms with Gasteiger partial charge in [0, 0.05) is 18.8 Å². The number of likely N-dealkylation sites (tertiary alicyclic amines) is 1. The Hall–Kier alpha value is -0.900. The van der Waals surface area contributed by atoms with Crippen molar-refractivity contribution in [1.82, 2.24) is 9.88 Å². The first-order valence-electron chi connectivity index (χ1n) is 6.02. The number of piperidine rings is 1. The van der Waals surface area contributed by atoms with Crippen molar-refractivity contribution >= 4 is 21.8 Å². The fourth-order valence-electron chi connectivity index (χ4n) is 2.29. The highest BCUT2D eigenvalue weighted by atomic mass is 79.9. The van der Waals surface area contributed by atoms with Crippen molar-refractivity contribution in [3.63, 3.8) is 0 Å². The van der Waals surface area contributed by atoms with Gasteiger partial charge in [0.2, 0.25) is 0 Å². The molecule has 1 amide bonds. The van der Waals surface area contributed by atoms with Crippen LogP contribution in [0.25, 0.3) is 0 Å². The summed E-state index contributed by atoms with van der Waals surface area (Å²) < 4.78 is 0.758. The molecule has 2 heterocycles. The van der Waals surface area contributed by atoms with Crippen molar-refractivity contribution in [2.45, 2.75) is 32.7 Å². The van der Waals surface area contributed by atoms with Crippen molar-refractivity contribution in [1.29, 1.82) is 0 Å². The highest BCUT2D eigenvalue weighted by Crippen LogP contribution is 2.24. The summed E-state index contributed by atoms with van der Waals surface area (Å²) in [6.45, 7) is 5.21. The zero-order valence-corrected chi connectivity index (χ0v) is 11.8. The van der Waals surface area contributed by atoms with Gasteiger partial charge in [0.1, 0.15) is 4.60 Å². The largest absolute Gasteiger partial charge is 0.336 e. The summed E-state index contributed by atoms with van der Waals surface area (Å²) in [6.07, 6.45) is 3.95. The first-order valence-corrected chi connectivity index (χ1v) is 6.81. The Morgan fingerprint density at radius 2 is 2.24 bits per heavy atom. The second kappa shape index (κ2) is 5.17. The van der Waals surface area contributed by atoms with E-state index in [0.717, 1.165) is 17.6 Å². The van der Waals surface area contributed by atoms with Crippen molar-refractivity contribution < 1.29 is 4.79 Å². The first-order chi connectivity index (χ1) is 8.09. The quantitative estimate of drug-likeness (QED) is 0.746. The van der Waals surface area contributed by atoms with E-state index in [1.54, 1.807) is 6.20 Å². The van der Waals surface area contributed by atoms with Crippen LogP contribution in [-0.4, -0.2) is 28.4 Å². The van der Waals surface area contributed by atoms with Crippen LogP contribution in [0.2, 0.25) is 0 Å². The predicted molar refractivity (Wildman–Crippen MR) is 70.8 cm³/mol. The minimum Gasteiger partial charge on any atom is -0.336 e. The van der Waals surface area contributed by atoms with Crippen LogP contribution in [0.5, 0.6) is 0 Å². The Morgan fingerprint density at radius 3 is 2.88 bits per heavy atom. The molecule has 92 valence electrons. The summed E-state index contributed by atoms with van der Waals surface area (Å²) in [4.78, 5) is 18.4. The molecule has 0 aliphatic carbocycles. The second-order valence-corrected chi connectivity index (χ2v) is 5.54. The molecular formula is C13H17BrN2O. The molecule has 4 heteroatoms. The molecule has 1 aliphatic rings. The highest BCUT2D eigenvalue weighted by Gasteiger charge is 2.28. The molecule has 1 fully saturated rings. The van der Waals surface area contributed by atoms with E-state index in [1.165, 1.54) is 6.42 Å². The van der Waals surface area contributed by atoms with Crippen molar-refractivity contribution in [3.8, 4) is 0 Å². The summed E-state index contributed by atoms with van der Waals surface area (Å²) in [6, 6.07) is 3.95. The molecule has 1 saturated heterocycles. The number of nitrogens with zero attached hydrogens (tertiary/aromatic N) is 2. The summed E-state index contributed by atoms with van der Waals surface area (Å²) in [5.41, 5.74) is 0.675. The van der Waals surface area contributed by atoms with E-state index in [1.807, 2.05) is 17.0 Å². The van der Waals surface area contributed by atoms with Gasteiger partial charge >= 0.3 is 0 Å². The molecule has 1 aromatic rings. The van der Waals surface area contributed by atoms with E-state index in [9.17, 15) is 4.79 Å². The molecule has 0 N–H and O–H groups in total. The van der Waals surface area contributed by atoms with Gasteiger partial charge in [0.15, 0.2) is 0 Å². The van der Waals surface area contributed by atoms with Crippen LogP contribution in [0.1, 0.15) is 37.0 Å². The molecule has 0 saturated carbocycles. The minimum absolute atomic E-state index is 0.101. The fourth-order valence-corrected chi connectivity index (χ4v) is 2.52. The predicted octanol–water partition coefficient (Wildman–Crippen LogP) is 3.10. The Morgan fingerprint density at radius 1 is 1.47 bits per heavy atom. The van der Waals surface area contributed by atoms with Gasteiger partial charge in [-0.05, 0) is 53.7 Å². The number of aromatic nitrogens is 1. The van der Waals surface area contributed by atoms with Crippen LogP contribution in [0, 0.1) is 5.92 Å². The Labute approximate surface area is 110 Å². The normalized spacial score (nSPS) is 24.8. The average molecular weight is 297 g/mol. The van der Waals surface area contributed by atoms with Crippen LogP contribution in [0.3, 0.4) is 0 Å². The van der Waals surface area contributed by atoms with Crippen molar-refractivity contribution in [2.24, 2.45) is 5.92 Å². The number of pyridine rings is 1. The van der Waals surface area contributed by atoms with Crippen LogP contribution >= 0.6 is 15.9 Å². The number of carbonyl (C=O) groups excluding carboxylic acids is 1. The molecule has 1 aliphatic heterocycles. The monoisotopic (exact) mass is 296 g/mol. The number of rotatable bonds is 1. The number of amides is 1. The first kappa shape index (κ1) is 12.6. The van der Waals surface area contributed by atoms with Gasteiger partial charge in [-0.15, -0.1) is 0 Å². The standard InChI is InChI=1S/C13H17BrN2O/c1-9-4-3-7-16(10(9)2)13(17)11-5-6-12(14)15-8-11/h5-6,8-10H,3-4,7H2,1-2H3. The molecule has 2 unspecified atom stereocenters. The zero-order chi connectivity index (χ0) is 12.4. The fraction of sp³-hybridized carbons (Fsp3) is 0.538. The molecular weight excluding hydrogens is 280 g/mol. The SMILES string of the molecule is CC1CCCN(C(=O)c2ccc(Br)nc2)C1C. The van der Waals surface area contributed by atoms with E-state index in [4.69, 9.17) is 0 Å². The number of halogens is 1. The summed E-state index contributed by atoms with van der Waals surface area (Å²) >= 11 is 3.28. The van der Waals surface area contributed by atoms with Crippen molar-refractivity contribution in [2.75, 3.05) is 6.54 Å². The molecule has 0 aromatic carbocycles. The topological polar surface area (TPSA) is 33.2 Å². The Bertz CT molecular complexity index is 404. The molecule has 2 atom stereocenters. The van der Waals surface area contributed by atoms with E-state index >= 15 is 0 Å². The number of hydrogen-bond donors (Lipinski definition) is 0. The molecule has 2 rings (SSSR count). The van der Waals surface area contributed by atoms with Crippen molar-refractivity contribution in [3.05, 3.63) is 28.5 Å². The molecule has 0 spiro atoms. The van der Waals surface area contributed by atoms with Crippen LogP contribution in [0.4, 0.5) is 0 Å². The van der Waals surface area contributed by atoms with E-state index in [2.05, 4.69) is 34.8 Å². The Kier molecular flexibility index (Phi) is 3.82. The average Bonchev–Trinajstić information content (AvgIpc) is 2.33. The third kappa shape index (κ3) is 2.68. The molecule has 0 bridgehead atoms. The summed E-state index contributed by atoms with van der Waals surface area (Å²) in [5.74, 6) is 0.681. The lowest BCUT2D eigenvalue weighted by atomic mass is 9.91. The van der Waals surface area contributed by atoms with E-state index in [0.29, 0.717) is 17.5 Å². The van der Waals surface area contributed by atoms with Gasteiger partial charge in [-0.2, -0.15) is 0 Å². The highest BCUT2D eigenvalue weighted by molar-refractivity contribution is 9.10. The Balaban J connectivity index is 2.16. The van der Waals surface area contributed by atoms with Gasteiger partial charge in [-0.3, -0.25) is 4.79 Å². The van der Waals surface area contributed by atoms with Gasteiger partial charge in [0.25, 0.3) is 5.91 Å². The second-order valence-electron chi connectivity index (χ2n) is 4.73. The van der Waals surface area contributed by atoms with E-state index < -0.39 is 0 Å². The molecule has 1 aromatic heterocycles. The zero-order valence-electron chi connectivity index (χ0n) is 10.2. The van der Waals surface area contributed by atoms with Gasteiger partial charge in [-0.1, -0.05) is 6.92 Å². The minimum atomic E-state index is 0.101. The smallest absolute Gasteiger partial charge is 0.255 e.